The summed E-state index contributed by atoms with van der Waals surface area (Å²) < 4.78 is 26.7. The lowest BCUT2D eigenvalue weighted by Crippen LogP contribution is -2.34. The van der Waals surface area contributed by atoms with Crippen LogP contribution >= 0.6 is 0 Å². The minimum Gasteiger partial charge on any atom is -0.313 e. The van der Waals surface area contributed by atoms with Gasteiger partial charge in [-0.15, -0.1) is 0 Å². The van der Waals surface area contributed by atoms with Gasteiger partial charge in [-0.3, -0.25) is 10.1 Å². The smallest absolute Gasteiger partial charge is 0.273 e. The molecule has 21 heavy (non-hydrogen) atoms. The van der Waals surface area contributed by atoms with E-state index in [1.54, 1.807) is 13.8 Å². The molecule has 0 aromatic heterocycles. The molecule has 0 unspecified atom stereocenters. The lowest BCUT2D eigenvalue weighted by Gasteiger charge is -2.11. The van der Waals surface area contributed by atoms with E-state index in [0.29, 0.717) is 17.7 Å². The van der Waals surface area contributed by atoms with E-state index in [9.17, 15) is 18.5 Å². The lowest BCUT2D eigenvalue weighted by molar-refractivity contribution is -0.385. The highest BCUT2D eigenvalue weighted by Gasteiger charge is 2.21. The fourth-order valence-corrected chi connectivity index (χ4v) is 2.92. The third-order valence-electron chi connectivity index (χ3n) is 3.09. The molecule has 2 N–H and O–H groups in total. The second kappa shape index (κ2) is 6.97. The highest BCUT2D eigenvalue weighted by atomic mass is 32.2. The van der Waals surface area contributed by atoms with Gasteiger partial charge in [0, 0.05) is 30.8 Å². The highest BCUT2D eigenvalue weighted by Crippen LogP contribution is 2.25. The number of aryl methyl sites for hydroxylation is 1. The summed E-state index contributed by atoms with van der Waals surface area (Å²) in [6.07, 6.45) is 0. The third kappa shape index (κ3) is 4.76. The molecule has 1 aromatic carbocycles. The first kappa shape index (κ1) is 17.5. The number of rotatable bonds is 7. The Morgan fingerprint density at radius 2 is 1.86 bits per heavy atom. The molecule has 8 heteroatoms. The van der Waals surface area contributed by atoms with Gasteiger partial charge in [-0.1, -0.05) is 13.8 Å². The molecule has 0 amide bonds. The van der Waals surface area contributed by atoms with Gasteiger partial charge in [0.15, 0.2) is 0 Å². The monoisotopic (exact) mass is 315 g/mol. The van der Waals surface area contributed by atoms with E-state index in [0.717, 1.165) is 6.07 Å². The van der Waals surface area contributed by atoms with Crippen LogP contribution in [0.25, 0.3) is 0 Å². The predicted octanol–water partition coefficient (Wildman–Crippen LogP) is 1.49. The largest absolute Gasteiger partial charge is 0.313 e. The molecule has 0 saturated carbocycles. The maximum atomic E-state index is 12.2. The fourth-order valence-electron chi connectivity index (χ4n) is 1.78. The first-order chi connectivity index (χ1) is 9.65. The number of hydrogen-bond acceptors (Lipinski definition) is 5. The van der Waals surface area contributed by atoms with Crippen LogP contribution in [0, 0.1) is 24.0 Å². The molecule has 0 aliphatic rings. The van der Waals surface area contributed by atoms with Crippen molar-refractivity contribution in [2.75, 3.05) is 13.1 Å². The van der Waals surface area contributed by atoms with Crippen molar-refractivity contribution >= 4 is 15.7 Å². The van der Waals surface area contributed by atoms with Crippen molar-refractivity contribution in [2.45, 2.75) is 38.6 Å². The molecular weight excluding hydrogens is 294 g/mol. The van der Waals surface area contributed by atoms with Crippen LogP contribution in [-0.4, -0.2) is 32.5 Å². The van der Waals surface area contributed by atoms with Gasteiger partial charge >= 0.3 is 0 Å². The lowest BCUT2D eigenvalue weighted by atomic mass is 10.1. The van der Waals surface area contributed by atoms with E-state index in [4.69, 9.17) is 0 Å². The minimum absolute atomic E-state index is 0.0816. The van der Waals surface area contributed by atoms with Gasteiger partial charge in [0.2, 0.25) is 10.0 Å². The van der Waals surface area contributed by atoms with Crippen molar-refractivity contribution in [3.8, 4) is 0 Å². The summed E-state index contributed by atoms with van der Waals surface area (Å²) in [4.78, 5) is 10.3. The van der Waals surface area contributed by atoms with Crippen molar-refractivity contribution < 1.29 is 13.3 Å². The molecule has 7 nitrogen and oxygen atoms in total. The SMILES string of the molecule is Cc1cc(S(=O)(=O)NCCNC(C)C)cc([N+](=O)[O-])c1C. The van der Waals surface area contributed by atoms with E-state index >= 15 is 0 Å². The zero-order valence-electron chi connectivity index (χ0n) is 12.6. The molecule has 1 aromatic rings. The molecule has 0 atom stereocenters. The Morgan fingerprint density at radius 3 is 2.38 bits per heavy atom. The Hall–Kier alpha value is -1.51. The molecule has 0 aliphatic heterocycles. The van der Waals surface area contributed by atoms with Crippen molar-refractivity contribution in [2.24, 2.45) is 0 Å². The van der Waals surface area contributed by atoms with E-state index < -0.39 is 14.9 Å². The average Bonchev–Trinajstić information content (AvgIpc) is 2.37. The van der Waals surface area contributed by atoms with Gasteiger partial charge in [-0.05, 0) is 25.5 Å². The number of nitro benzene ring substituents is 1. The van der Waals surface area contributed by atoms with Crippen LogP contribution in [0.2, 0.25) is 0 Å². The second-order valence-electron chi connectivity index (χ2n) is 5.15. The van der Waals surface area contributed by atoms with Gasteiger partial charge in [-0.2, -0.15) is 0 Å². The molecule has 0 heterocycles. The number of nitrogens with one attached hydrogen (secondary N) is 2. The number of nitro groups is 1. The molecular formula is C13H21N3O4S. The van der Waals surface area contributed by atoms with Gasteiger partial charge in [0.1, 0.15) is 0 Å². The van der Waals surface area contributed by atoms with Crippen LogP contribution in [0.3, 0.4) is 0 Å². The number of nitrogens with zero attached hydrogens (tertiary/aromatic N) is 1. The number of sulfonamides is 1. The van der Waals surface area contributed by atoms with Crippen LogP contribution in [0.1, 0.15) is 25.0 Å². The summed E-state index contributed by atoms with van der Waals surface area (Å²) in [6, 6.07) is 2.80. The van der Waals surface area contributed by atoms with Gasteiger partial charge in [0.25, 0.3) is 5.69 Å². The summed E-state index contributed by atoms with van der Waals surface area (Å²) in [6.45, 7) is 7.89. The van der Waals surface area contributed by atoms with Crippen LogP contribution in [0.5, 0.6) is 0 Å². The molecule has 0 radical (unpaired) electrons. The standard InChI is InChI=1S/C13H21N3O4S/c1-9(2)14-5-6-15-21(19,20)12-7-10(3)11(4)13(8-12)16(17)18/h7-9,14-15H,5-6H2,1-4H3. The van der Waals surface area contributed by atoms with Gasteiger partial charge in [0.05, 0.1) is 9.82 Å². The van der Waals surface area contributed by atoms with Crippen molar-refractivity contribution in [3.63, 3.8) is 0 Å². The summed E-state index contributed by atoms with van der Waals surface area (Å²) in [5.74, 6) is 0. The second-order valence-corrected chi connectivity index (χ2v) is 6.91. The Labute approximate surface area is 124 Å². The van der Waals surface area contributed by atoms with E-state index in [1.807, 2.05) is 13.8 Å². The third-order valence-corrected chi connectivity index (χ3v) is 4.53. The molecule has 1 rings (SSSR count). The quantitative estimate of drug-likeness (QED) is 0.451. The maximum Gasteiger partial charge on any atom is 0.273 e. The first-order valence-corrected chi connectivity index (χ1v) is 8.12. The van der Waals surface area contributed by atoms with Crippen molar-refractivity contribution in [1.82, 2.24) is 10.0 Å². The Kier molecular flexibility index (Phi) is 5.82. The highest BCUT2D eigenvalue weighted by molar-refractivity contribution is 7.89. The van der Waals surface area contributed by atoms with Crippen molar-refractivity contribution in [1.29, 1.82) is 0 Å². The molecule has 0 bridgehead atoms. The molecule has 0 saturated heterocycles. The summed E-state index contributed by atoms with van der Waals surface area (Å²) >= 11 is 0. The molecule has 118 valence electrons. The topological polar surface area (TPSA) is 101 Å². The Bertz CT molecular complexity index is 627. The maximum absolute atomic E-state index is 12.2. The van der Waals surface area contributed by atoms with Crippen molar-refractivity contribution in [3.05, 3.63) is 33.4 Å². The van der Waals surface area contributed by atoms with Gasteiger partial charge in [-0.25, -0.2) is 13.1 Å². The Morgan fingerprint density at radius 1 is 1.24 bits per heavy atom. The van der Waals surface area contributed by atoms with Crippen LogP contribution < -0.4 is 10.0 Å². The van der Waals surface area contributed by atoms with E-state index in [-0.39, 0.29) is 23.2 Å². The molecule has 0 spiro atoms. The van der Waals surface area contributed by atoms with E-state index in [1.165, 1.54) is 6.07 Å². The number of benzene rings is 1. The summed E-state index contributed by atoms with van der Waals surface area (Å²) in [5.41, 5.74) is 0.862. The minimum atomic E-state index is -3.75. The summed E-state index contributed by atoms with van der Waals surface area (Å²) in [5, 5.41) is 14.1. The Balaban J connectivity index is 2.96. The molecule has 0 fully saturated rings. The first-order valence-electron chi connectivity index (χ1n) is 6.64. The van der Waals surface area contributed by atoms with Crippen LogP contribution in [0.15, 0.2) is 17.0 Å². The van der Waals surface area contributed by atoms with E-state index in [2.05, 4.69) is 10.0 Å². The zero-order chi connectivity index (χ0) is 16.2. The average molecular weight is 315 g/mol. The zero-order valence-corrected chi connectivity index (χ0v) is 13.5. The predicted molar refractivity (Wildman–Crippen MR) is 80.9 cm³/mol. The summed E-state index contributed by atoms with van der Waals surface area (Å²) in [7, 11) is -3.75. The van der Waals surface area contributed by atoms with Gasteiger partial charge < -0.3 is 5.32 Å². The normalized spacial score (nSPS) is 11.9. The fraction of sp³-hybridized carbons (Fsp3) is 0.538. The van der Waals surface area contributed by atoms with Crippen LogP contribution in [-0.2, 0) is 10.0 Å². The number of hydrogen-bond donors (Lipinski definition) is 2. The molecule has 0 aliphatic carbocycles. The van der Waals surface area contributed by atoms with Crippen LogP contribution in [0.4, 0.5) is 5.69 Å².